The van der Waals surface area contributed by atoms with Gasteiger partial charge in [0.05, 0.1) is 41.2 Å². The summed E-state index contributed by atoms with van der Waals surface area (Å²) in [6.45, 7) is 10.7. The molecule has 1 aliphatic rings. The highest BCUT2D eigenvalue weighted by Gasteiger charge is 2.26. The molecule has 0 saturated carbocycles. The fraction of sp³-hybridized carbons (Fsp3) is 0.387. The minimum absolute atomic E-state index is 0.0276. The number of carbonyl (C=O) groups excluding carboxylic acids is 1. The van der Waals surface area contributed by atoms with E-state index < -0.39 is 14.2 Å². The molecule has 1 atom stereocenters. The number of likely N-dealkylation sites (tertiary alicyclic amines) is 1. The first-order valence-corrected chi connectivity index (χ1v) is 18.7. The summed E-state index contributed by atoms with van der Waals surface area (Å²) in [4.78, 5) is 28.0. The van der Waals surface area contributed by atoms with Crippen molar-refractivity contribution in [3.8, 4) is 22.8 Å². The van der Waals surface area contributed by atoms with Crippen molar-refractivity contribution in [2.24, 2.45) is 0 Å². The van der Waals surface area contributed by atoms with E-state index in [0.717, 1.165) is 29.5 Å². The smallest absolute Gasteiger partial charge is 0.244 e. The van der Waals surface area contributed by atoms with Crippen LogP contribution in [0.1, 0.15) is 12.2 Å². The molecule has 2 aromatic carbocycles. The third kappa shape index (κ3) is 6.62. The van der Waals surface area contributed by atoms with Crippen LogP contribution in [0.15, 0.2) is 48.9 Å². The zero-order valence-corrected chi connectivity index (χ0v) is 27.0. The normalized spacial score (nSPS) is 15.5. The molecule has 13 heteroatoms. The van der Waals surface area contributed by atoms with Crippen LogP contribution in [0, 0.1) is 6.92 Å². The highest BCUT2D eigenvalue weighted by atomic mass is 35.5. The minimum atomic E-state index is -1.18. The second-order valence-electron chi connectivity index (χ2n) is 12.3. The monoisotopic (exact) mass is 635 g/mol. The minimum Gasteiger partial charge on any atom is -0.456 e. The van der Waals surface area contributed by atoms with Crippen molar-refractivity contribution in [1.29, 1.82) is 0 Å². The number of alkyl halides is 1. The molecule has 1 unspecified atom stereocenters. The molecule has 1 fully saturated rings. The number of carbonyl (C=O) groups is 1. The molecule has 6 rings (SSSR count). The Labute approximate surface area is 260 Å². The molecule has 4 heterocycles. The molecule has 44 heavy (non-hydrogen) atoms. The lowest BCUT2D eigenvalue weighted by atomic mass is 10.2. The predicted octanol–water partition coefficient (Wildman–Crippen LogP) is 6.48. The first kappa shape index (κ1) is 30.2. The number of halogens is 2. The third-order valence-corrected chi connectivity index (χ3v) is 9.75. The number of amides is 1. The van der Waals surface area contributed by atoms with Gasteiger partial charge in [-0.25, -0.2) is 14.4 Å². The van der Waals surface area contributed by atoms with Crippen LogP contribution in [0.25, 0.3) is 33.3 Å². The van der Waals surface area contributed by atoms with E-state index in [2.05, 4.69) is 34.7 Å². The van der Waals surface area contributed by atoms with E-state index in [4.69, 9.17) is 26.1 Å². The molecule has 230 valence electrons. The van der Waals surface area contributed by atoms with Crippen LogP contribution in [0.2, 0.25) is 30.7 Å². The summed E-state index contributed by atoms with van der Waals surface area (Å²) in [6.07, 6.45) is 4.40. The number of fused-ring (bicyclic) bond motifs is 2. The summed E-state index contributed by atoms with van der Waals surface area (Å²) in [5.41, 5.74) is 4.10. The maximum Gasteiger partial charge on any atom is 0.244 e. The van der Waals surface area contributed by atoms with E-state index in [1.165, 1.54) is 9.58 Å². The summed E-state index contributed by atoms with van der Waals surface area (Å²) in [5.74, 6) is 1.75. The van der Waals surface area contributed by atoms with Gasteiger partial charge in [0.15, 0.2) is 0 Å². The molecule has 10 nitrogen and oxygen atoms in total. The molecule has 0 aliphatic carbocycles. The number of hydrogen-bond acceptors (Lipinski definition) is 7. The Balaban J connectivity index is 1.20. The number of imidazole rings is 1. The molecule has 0 bridgehead atoms. The zero-order chi connectivity index (χ0) is 31.0. The number of nitrogens with zero attached hydrogens (tertiary/aromatic N) is 7. The highest BCUT2D eigenvalue weighted by molar-refractivity contribution is 6.76. The van der Waals surface area contributed by atoms with Crippen LogP contribution in [0.3, 0.4) is 0 Å². The number of benzene rings is 2. The van der Waals surface area contributed by atoms with Gasteiger partial charge in [0.2, 0.25) is 5.91 Å². The van der Waals surface area contributed by atoms with Crippen molar-refractivity contribution >= 4 is 47.6 Å². The number of hydrogen-bond donors (Lipinski definition) is 0. The van der Waals surface area contributed by atoms with Crippen LogP contribution < -0.4 is 4.74 Å². The van der Waals surface area contributed by atoms with Gasteiger partial charge in [-0.05, 0) is 43.7 Å². The van der Waals surface area contributed by atoms with E-state index in [9.17, 15) is 9.18 Å². The van der Waals surface area contributed by atoms with Crippen LogP contribution in [0.5, 0.6) is 11.5 Å². The van der Waals surface area contributed by atoms with Crippen molar-refractivity contribution in [1.82, 2.24) is 34.2 Å². The molecular weight excluding hydrogens is 601 g/mol. The van der Waals surface area contributed by atoms with Crippen LogP contribution in [-0.4, -0.2) is 74.0 Å². The summed E-state index contributed by atoms with van der Waals surface area (Å²) < 4.78 is 29.3. The van der Waals surface area contributed by atoms with E-state index >= 15 is 0 Å². The lowest BCUT2D eigenvalue weighted by Gasteiger charge is -2.16. The first-order chi connectivity index (χ1) is 21.0. The van der Waals surface area contributed by atoms with Gasteiger partial charge < -0.3 is 18.9 Å². The van der Waals surface area contributed by atoms with Crippen molar-refractivity contribution in [2.75, 3.05) is 19.7 Å². The molecule has 5 aromatic rings. The van der Waals surface area contributed by atoms with Crippen LogP contribution >= 0.6 is 11.6 Å². The fourth-order valence-corrected chi connectivity index (χ4v) is 6.12. The molecule has 0 N–H and O–H groups in total. The number of aromatic nitrogens is 6. The van der Waals surface area contributed by atoms with Gasteiger partial charge >= 0.3 is 0 Å². The Hall–Kier alpha value is -3.87. The molecule has 0 spiro atoms. The Kier molecular flexibility index (Phi) is 8.40. The Bertz CT molecular complexity index is 1840. The lowest BCUT2D eigenvalue weighted by molar-refractivity contribution is -0.131. The van der Waals surface area contributed by atoms with Gasteiger partial charge in [-0.2, -0.15) is 5.10 Å². The van der Waals surface area contributed by atoms with Crippen molar-refractivity contribution in [3.05, 3.63) is 59.8 Å². The average Bonchev–Trinajstić information content (AvgIpc) is 3.71. The highest BCUT2D eigenvalue weighted by Crippen LogP contribution is 2.36. The average molecular weight is 636 g/mol. The Morgan fingerprint density at radius 2 is 1.95 bits per heavy atom. The largest absolute Gasteiger partial charge is 0.456 e. The molecule has 0 radical (unpaired) electrons. The van der Waals surface area contributed by atoms with E-state index in [-0.39, 0.29) is 19.0 Å². The summed E-state index contributed by atoms with van der Waals surface area (Å²) in [6, 6.07) is 10.4. The summed E-state index contributed by atoms with van der Waals surface area (Å²) in [7, 11) is -1.18. The van der Waals surface area contributed by atoms with Gasteiger partial charge in [0.1, 0.15) is 47.3 Å². The summed E-state index contributed by atoms with van der Waals surface area (Å²) in [5, 5.41) is 4.63. The molecule has 1 saturated heterocycles. The predicted molar refractivity (Wildman–Crippen MR) is 171 cm³/mol. The molecule has 1 aliphatic heterocycles. The van der Waals surface area contributed by atoms with Gasteiger partial charge in [0, 0.05) is 39.1 Å². The van der Waals surface area contributed by atoms with Crippen LogP contribution in [-0.2, 0) is 22.8 Å². The fourth-order valence-electron chi connectivity index (χ4n) is 5.12. The van der Waals surface area contributed by atoms with E-state index in [0.29, 0.717) is 58.5 Å². The first-order valence-electron chi connectivity index (χ1n) is 14.7. The third-order valence-electron chi connectivity index (χ3n) is 7.68. The lowest BCUT2D eigenvalue weighted by Crippen LogP contribution is -2.32. The van der Waals surface area contributed by atoms with Crippen molar-refractivity contribution in [3.63, 3.8) is 0 Å². The van der Waals surface area contributed by atoms with E-state index in [1.807, 2.05) is 35.8 Å². The summed E-state index contributed by atoms with van der Waals surface area (Å²) >= 11 is 6.82. The Morgan fingerprint density at radius 1 is 1.14 bits per heavy atom. The maximum atomic E-state index is 13.5. The van der Waals surface area contributed by atoms with Gasteiger partial charge in [0.25, 0.3) is 0 Å². The standard InChI is InChI=1S/C31H35ClFN7O3Si/c1-20-36-24-6-5-23(13-27(24)40(20)19-42-11-12-44(2,3)4)43-28-8-7-25-31(30(28)32)37-26(15-34-25)21-14-35-39(16-21)18-29(41)38-10-9-22(33)17-38/h5-8,13-16,22H,9-12,17-19H2,1-4H3. The molecular formula is C31H35ClFN7O3Si. The van der Waals surface area contributed by atoms with Crippen molar-refractivity contribution in [2.45, 2.75) is 58.5 Å². The maximum absolute atomic E-state index is 13.5. The van der Waals surface area contributed by atoms with Crippen LogP contribution in [0.4, 0.5) is 4.39 Å². The van der Waals surface area contributed by atoms with Gasteiger partial charge in [-0.1, -0.05) is 31.2 Å². The van der Waals surface area contributed by atoms with Gasteiger partial charge in [-0.3, -0.25) is 14.5 Å². The zero-order valence-electron chi connectivity index (χ0n) is 25.3. The number of aryl methyl sites for hydroxylation is 1. The van der Waals surface area contributed by atoms with Crippen molar-refractivity contribution < 1.29 is 18.7 Å². The topological polar surface area (TPSA) is 100 Å². The van der Waals surface area contributed by atoms with Gasteiger partial charge in [-0.15, -0.1) is 0 Å². The second-order valence-corrected chi connectivity index (χ2v) is 18.3. The Morgan fingerprint density at radius 3 is 2.73 bits per heavy atom. The molecule has 1 amide bonds. The second kappa shape index (κ2) is 12.3. The molecule has 3 aromatic heterocycles. The quantitative estimate of drug-likeness (QED) is 0.128. The number of rotatable bonds is 10. The number of ether oxygens (including phenoxy) is 2. The van der Waals surface area contributed by atoms with E-state index in [1.54, 1.807) is 24.7 Å². The SMILES string of the molecule is Cc1nc2ccc(Oc3ccc4ncc(-c5cnn(CC(=O)N6CCC(F)C6)c5)nc4c3Cl)cc2n1COCC[Si](C)(C)C.